The van der Waals surface area contributed by atoms with Gasteiger partial charge in [-0.25, -0.2) is 0 Å². The second-order valence-corrected chi connectivity index (χ2v) is 9.90. The highest BCUT2D eigenvalue weighted by Crippen LogP contribution is 2.25. The van der Waals surface area contributed by atoms with Crippen LogP contribution >= 0.6 is 22.7 Å². The van der Waals surface area contributed by atoms with Gasteiger partial charge in [0.05, 0.1) is 4.88 Å². The molecular weight excluding hydrogens is 412 g/mol. The molecule has 3 heterocycles. The van der Waals surface area contributed by atoms with Gasteiger partial charge in [0, 0.05) is 43.2 Å². The minimum atomic E-state index is 0.143. The second kappa shape index (κ2) is 9.33. The standard InChI is InChI=1S/C24H28N2O2S2/c1-17-11-18(2)19(3)22(12-17)28-15-20-13-23(30-16-20)24(27)26-8-6-25(7-9-26)14-21-5-4-10-29-21/h4-5,10-13,16H,6-9,14-15H2,1-3H3. The van der Waals surface area contributed by atoms with Crippen molar-refractivity contribution in [1.82, 2.24) is 9.80 Å². The number of ether oxygens (including phenoxy) is 1. The molecule has 0 bridgehead atoms. The molecule has 4 nitrogen and oxygen atoms in total. The molecule has 0 N–H and O–H groups in total. The summed E-state index contributed by atoms with van der Waals surface area (Å²) >= 11 is 3.31. The molecule has 4 rings (SSSR count). The molecule has 0 aliphatic carbocycles. The SMILES string of the molecule is Cc1cc(C)c(C)c(OCc2csc(C(=O)N3CCN(Cc4cccs4)CC3)c2)c1. The number of benzene rings is 1. The van der Waals surface area contributed by atoms with Gasteiger partial charge < -0.3 is 9.64 Å². The summed E-state index contributed by atoms with van der Waals surface area (Å²) in [7, 11) is 0. The molecule has 0 saturated carbocycles. The zero-order valence-electron chi connectivity index (χ0n) is 17.8. The van der Waals surface area contributed by atoms with Crippen molar-refractivity contribution >= 4 is 28.6 Å². The fourth-order valence-electron chi connectivity index (χ4n) is 3.76. The van der Waals surface area contributed by atoms with Crippen LogP contribution in [0.15, 0.2) is 41.1 Å². The summed E-state index contributed by atoms with van der Waals surface area (Å²) in [6, 6.07) is 10.5. The predicted molar refractivity (Wildman–Crippen MR) is 125 cm³/mol. The number of amides is 1. The number of piperazine rings is 1. The lowest BCUT2D eigenvalue weighted by Crippen LogP contribution is -2.48. The van der Waals surface area contributed by atoms with Crippen molar-refractivity contribution < 1.29 is 9.53 Å². The van der Waals surface area contributed by atoms with Gasteiger partial charge in [0.15, 0.2) is 0 Å². The van der Waals surface area contributed by atoms with Crippen LogP contribution in [0.2, 0.25) is 0 Å². The Balaban J connectivity index is 1.31. The first-order valence-corrected chi connectivity index (χ1v) is 12.1. The Morgan fingerprint density at radius 1 is 1.07 bits per heavy atom. The molecule has 3 aromatic rings. The number of rotatable bonds is 6. The molecule has 1 amide bonds. The Kier molecular flexibility index (Phi) is 6.56. The first kappa shape index (κ1) is 21.1. The van der Waals surface area contributed by atoms with Gasteiger partial charge in [0.25, 0.3) is 5.91 Å². The molecule has 1 saturated heterocycles. The van der Waals surface area contributed by atoms with E-state index in [9.17, 15) is 4.79 Å². The molecule has 0 unspecified atom stereocenters. The molecule has 1 aliphatic heterocycles. The third-order valence-corrected chi connectivity index (χ3v) is 7.47. The highest BCUT2D eigenvalue weighted by Gasteiger charge is 2.23. The largest absolute Gasteiger partial charge is 0.489 e. The maximum Gasteiger partial charge on any atom is 0.264 e. The van der Waals surface area contributed by atoms with E-state index in [2.05, 4.69) is 55.3 Å². The second-order valence-electron chi connectivity index (χ2n) is 7.96. The summed E-state index contributed by atoms with van der Waals surface area (Å²) in [5.41, 5.74) is 4.67. The normalized spacial score (nSPS) is 14.8. The van der Waals surface area contributed by atoms with E-state index in [1.54, 1.807) is 11.3 Å². The lowest BCUT2D eigenvalue weighted by atomic mass is 10.1. The monoisotopic (exact) mass is 440 g/mol. The highest BCUT2D eigenvalue weighted by molar-refractivity contribution is 7.12. The number of thiophene rings is 2. The van der Waals surface area contributed by atoms with E-state index >= 15 is 0 Å². The number of nitrogens with zero attached hydrogens (tertiary/aromatic N) is 2. The molecule has 158 valence electrons. The van der Waals surface area contributed by atoms with E-state index in [1.807, 2.05) is 16.3 Å². The van der Waals surface area contributed by atoms with Crippen molar-refractivity contribution in [2.24, 2.45) is 0 Å². The third-order valence-electron chi connectivity index (χ3n) is 5.64. The molecular formula is C24H28N2O2S2. The van der Waals surface area contributed by atoms with Crippen LogP contribution in [0.25, 0.3) is 0 Å². The fourth-order valence-corrected chi connectivity index (χ4v) is 5.37. The lowest BCUT2D eigenvalue weighted by Gasteiger charge is -2.34. The Hall–Kier alpha value is -2.15. The Morgan fingerprint density at radius 3 is 2.60 bits per heavy atom. The molecule has 30 heavy (non-hydrogen) atoms. The third kappa shape index (κ3) is 4.94. The number of carbonyl (C=O) groups is 1. The smallest absolute Gasteiger partial charge is 0.264 e. The first-order chi connectivity index (χ1) is 14.5. The van der Waals surface area contributed by atoms with Gasteiger partial charge in [-0.1, -0.05) is 12.1 Å². The van der Waals surface area contributed by atoms with Gasteiger partial charge in [-0.3, -0.25) is 9.69 Å². The van der Waals surface area contributed by atoms with Crippen molar-refractivity contribution in [3.05, 3.63) is 73.1 Å². The van der Waals surface area contributed by atoms with Crippen LogP contribution in [0, 0.1) is 20.8 Å². The zero-order chi connectivity index (χ0) is 21.1. The molecule has 2 aromatic heterocycles. The Morgan fingerprint density at radius 2 is 1.87 bits per heavy atom. The van der Waals surface area contributed by atoms with Crippen LogP contribution in [0.5, 0.6) is 5.75 Å². The fraction of sp³-hybridized carbons (Fsp3) is 0.375. The van der Waals surface area contributed by atoms with Crippen molar-refractivity contribution in [3.63, 3.8) is 0 Å². The summed E-state index contributed by atoms with van der Waals surface area (Å²) in [6.45, 7) is 11.2. The van der Waals surface area contributed by atoms with Gasteiger partial charge in [0.1, 0.15) is 12.4 Å². The molecule has 1 aliphatic rings. The van der Waals surface area contributed by atoms with Gasteiger partial charge in [-0.05, 0) is 66.4 Å². The highest BCUT2D eigenvalue weighted by atomic mass is 32.1. The van der Waals surface area contributed by atoms with Gasteiger partial charge in [-0.2, -0.15) is 0 Å². The van der Waals surface area contributed by atoms with Crippen LogP contribution in [0.4, 0.5) is 0 Å². The number of carbonyl (C=O) groups excluding carboxylic acids is 1. The molecule has 1 fully saturated rings. The van der Waals surface area contributed by atoms with Gasteiger partial charge >= 0.3 is 0 Å². The van der Waals surface area contributed by atoms with E-state index in [0.29, 0.717) is 6.61 Å². The summed E-state index contributed by atoms with van der Waals surface area (Å²) in [5, 5.41) is 4.16. The maximum atomic E-state index is 12.9. The van der Waals surface area contributed by atoms with Crippen molar-refractivity contribution in [2.75, 3.05) is 26.2 Å². The summed E-state index contributed by atoms with van der Waals surface area (Å²) < 4.78 is 6.06. The molecule has 0 atom stereocenters. The minimum Gasteiger partial charge on any atom is -0.489 e. The predicted octanol–water partition coefficient (Wildman–Crippen LogP) is 5.27. The van der Waals surface area contributed by atoms with E-state index in [0.717, 1.165) is 48.9 Å². The summed E-state index contributed by atoms with van der Waals surface area (Å²) in [4.78, 5) is 19.5. The van der Waals surface area contributed by atoms with Crippen molar-refractivity contribution in [2.45, 2.75) is 33.9 Å². The summed E-state index contributed by atoms with van der Waals surface area (Å²) in [6.07, 6.45) is 0. The molecule has 0 spiro atoms. The van der Waals surface area contributed by atoms with Crippen LogP contribution in [-0.4, -0.2) is 41.9 Å². The number of aryl methyl sites for hydroxylation is 2. The number of hydrogen-bond donors (Lipinski definition) is 0. The average Bonchev–Trinajstić information content (AvgIpc) is 3.42. The zero-order valence-corrected chi connectivity index (χ0v) is 19.4. The van der Waals surface area contributed by atoms with Crippen molar-refractivity contribution in [1.29, 1.82) is 0 Å². The maximum absolute atomic E-state index is 12.9. The number of hydrogen-bond acceptors (Lipinski definition) is 5. The first-order valence-electron chi connectivity index (χ1n) is 10.3. The van der Waals surface area contributed by atoms with Crippen LogP contribution in [-0.2, 0) is 13.2 Å². The van der Waals surface area contributed by atoms with Crippen LogP contribution in [0.3, 0.4) is 0 Å². The van der Waals surface area contributed by atoms with E-state index < -0.39 is 0 Å². The quantitative estimate of drug-likeness (QED) is 0.523. The summed E-state index contributed by atoms with van der Waals surface area (Å²) in [5.74, 6) is 1.07. The van der Waals surface area contributed by atoms with E-state index in [1.165, 1.54) is 32.9 Å². The molecule has 1 aromatic carbocycles. The Labute approximate surface area is 186 Å². The van der Waals surface area contributed by atoms with Gasteiger partial charge in [0.2, 0.25) is 0 Å². The van der Waals surface area contributed by atoms with Crippen LogP contribution < -0.4 is 4.74 Å². The lowest BCUT2D eigenvalue weighted by molar-refractivity contribution is 0.0634. The van der Waals surface area contributed by atoms with E-state index in [4.69, 9.17) is 4.74 Å². The van der Waals surface area contributed by atoms with Crippen molar-refractivity contribution in [3.8, 4) is 5.75 Å². The molecule has 6 heteroatoms. The van der Waals surface area contributed by atoms with E-state index in [-0.39, 0.29) is 5.91 Å². The minimum absolute atomic E-state index is 0.143. The average molecular weight is 441 g/mol. The molecule has 0 radical (unpaired) electrons. The van der Waals surface area contributed by atoms with Crippen LogP contribution in [0.1, 0.15) is 36.8 Å². The van der Waals surface area contributed by atoms with Gasteiger partial charge in [-0.15, -0.1) is 22.7 Å². The Bertz CT molecular complexity index is 1000. The topological polar surface area (TPSA) is 32.8 Å².